The van der Waals surface area contributed by atoms with Gasteiger partial charge in [0.25, 0.3) is 0 Å². The number of aryl methyl sites for hydroxylation is 1. The highest BCUT2D eigenvalue weighted by Crippen LogP contribution is 2.07. The van der Waals surface area contributed by atoms with Crippen LogP contribution in [-0.2, 0) is 6.42 Å². The van der Waals surface area contributed by atoms with Crippen molar-refractivity contribution in [3.05, 3.63) is 47.7 Å². The lowest BCUT2D eigenvalue weighted by molar-refractivity contribution is 0.104. The van der Waals surface area contributed by atoms with E-state index in [1.165, 1.54) is 5.56 Å². The van der Waals surface area contributed by atoms with Crippen molar-refractivity contribution in [3.63, 3.8) is 0 Å². The minimum absolute atomic E-state index is 0.171. The third-order valence-electron chi connectivity index (χ3n) is 2.00. The zero-order valence-electron chi connectivity index (χ0n) is 8.23. The SMILES string of the molecule is CCCc1ccc(C(=O)C=CO)cc1. The fourth-order valence-corrected chi connectivity index (χ4v) is 1.29. The van der Waals surface area contributed by atoms with Crippen molar-refractivity contribution in [2.75, 3.05) is 0 Å². The maximum atomic E-state index is 11.3. The Morgan fingerprint density at radius 1 is 1.36 bits per heavy atom. The average molecular weight is 190 g/mol. The molecule has 0 heterocycles. The standard InChI is InChI=1S/C12H14O2/c1-2-3-10-4-6-11(7-5-10)12(14)8-9-13/h4-9,13H,2-3H2,1H3. The van der Waals surface area contributed by atoms with Gasteiger partial charge in [0, 0.05) is 11.6 Å². The lowest BCUT2D eigenvalue weighted by Gasteiger charge is -1.99. The summed E-state index contributed by atoms with van der Waals surface area (Å²) < 4.78 is 0. The van der Waals surface area contributed by atoms with Crippen LogP contribution in [0.1, 0.15) is 29.3 Å². The third kappa shape index (κ3) is 2.73. The van der Waals surface area contributed by atoms with Crippen molar-refractivity contribution in [1.82, 2.24) is 0 Å². The second-order valence-corrected chi connectivity index (χ2v) is 3.13. The van der Waals surface area contributed by atoms with Crippen LogP contribution in [0.5, 0.6) is 0 Å². The molecule has 0 aliphatic heterocycles. The quantitative estimate of drug-likeness (QED) is 0.450. The van der Waals surface area contributed by atoms with Crippen molar-refractivity contribution in [2.24, 2.45) is 0 Å². The predicted octanol–water partition coefficient (Wildman–Crippen LogP) is 2.89. The smallest absolute Gasteiger partial charge is 0.188 e. The molecule has 0 saturated carbocycles. The van der Waals surface area contributed by atoms with Crippen molar-refractivity contribution < 1.29 is 9.90 Å². The fraction of sp³-hybridized carbons (Fsp3) is 0.250. The normalized spacial score (nSPS) is 10.6. The van der Waals surface area contributed by atoms with E-state index in [2.05, 4.69) is 6.92 Å². The van der Waals surface area contributed by atoms with Crippen LogP contribution in [0.3, 0.4) is 0 Å². The van der Waals surface area contributed by atoms with Crippen molar-refractivity contribution >= 4 is 5.78 Å². The van der Waals surface area contributed by atoms with E-state index < -0.39 is 0 Å². The second-order valence-electron chi connectivity index (χ2n) is 3.13. The largest absolute Gasteiger partial charge is 0.515 e. The number of rotatable bonds is 4. The molecule has 2 nitrogen and oxygen atoms in total. The maximum absolute atomic E-state index is 11.3. The van der Waals surface area contributed by atoms with Gasteiger partial charge in [-0.25, -0.2) is 0 Å². The molecule has 0 aromatic heterocycles. The highest BCUT2D eigenvalue weighted by molar-refractivity contribution is 6.04. The Kier molecular flexibility index (Phi) is 3.92. The first-order valence-electron chi connectivity index (χ1n) is 4.72. The maximum Gasteiger partial charge on any atom is 0.188 e. The van der Waals surface area contributed by atoms with Gasteiger partial charge >= 0.3 is 0 Å². The second kappa shape index (κ2) is 5.22. The molecule has 0 radical (unpaired) electrons. The van der Waals surface area contributed by atoms with E-state index in [1.54, 1.807) is 12.1 Å². The van der Waals surface area contributed by atoms with Gasteiger partial charge in [0.2, 0.25) is 0 Å². The lowest BCUT2D eigenvalue weighted by atomic mass is 10.1. The summed E-state index contributed by atoms with van der Waals surface area (Å²) in [6.07, 6.45) is 4.05. The van der Waals surface area contributed by atoms with Gasteiger partial charge in [-0.1, -0.05) is 37.6 Å². The molecule has 0 atom stereocenters. The van der Waals surface area contributed by atoms with Gasteiger partial charge in [-0.2, -0.15) is 0 Å². The summed E-state index contributed by atoms with van der Waals surface area (Å²) in [6.45, 7) is 2.12. The molecule has 0 aliphatic rings. The van der Waals surface area contributed by atoms with E-state index in [1.807, 2.05) is 12.1 Å². The van der Waals surface area contributed by atoms with Gasteiger partial charge in [-0.15, -0.1) is 0 Å². The van der Waals surface area contributed by atoms with Crippen LogP contribution in [0.2, 0.25) is 0 Å². The summed E-state index contributed by atoms with van der Waals surface area (Å²) in [4.78, 5) is 11.3. The van der Waals surface area contributed by atoms with E-state index in [0.717, 1.165) is 25.2 Å². The Bertz CT molecular complexity index is 323. The monoisotopic (exact) mass is 190 g/mol. The van der Waals surface area contributed by atoms with Gasteiger partial charge in [-0.05, 0) is 12.0 Å². The number of aliphatic hydroxyl groups excluding tert-OH is 1. The van der Waals surface area contributed by atoms with E-state index in [9.17, 15) is 4.79 Å². The number of hydrogen-bond donors (Lipinski definition) is 1. The highest BCUT2D eigenvalue weighted by atomic mass is 16.2. The number of hydrogen-bond acceptors (Lipinski definition) is 2. The number of carbonyl (C=O) groups excluding carboxylic acids is 1. The molecule has 0 aliphatic carbocycles. The van der Waals surface area contributed by atoms with Crippen LogP contribution >= 0.6 is 0 Å². The summed E-state index contributed by atoms with van der Waals surface area (Å²) in [5.74, 6) is -0.171. The number of carbonyl (C=O) groups is 1. The molecular weight excluding hydrogens is 176 g/mol. The molecule has 14 heavy (non-hydrogen) atoms. The Hall–Kier alpha value is -1.57. The van der Waals surface area contributed by atoms with Gasteiger partial charge in [0.05, 0.1) is 6.26 Å². The van der Waals surface area contributed by atoms with Crippen LogP contribution in [-0.4, -0.2) is 10.9 Å². The minimum atomic E-state index is -0.171. The van der Waals surface area contributed by atoms with E-state index >= 15 is 0 Å². The summed E-state index contributed by atoms with van der Waals surface area (Å²) in [5, 5.41) is 8.44. The zero-order chi connectivity index (χ0) is 10.4. The summed E-state index contributed by atoms with van der Waals surface area (Å²) in [5.41, 5.74) is 1.84. The van der Waals surface area contributed by atoms with Crippen molar-refractivity contribution in [1.29, 1.82) is 0 Å². The Labute approximate surface area is 83.9 Å². The molecule has 0 amide bonds. The zero-order valence-corrected chi connectivity index (χ0v) is 8.23. The molecule has 1 aromatic rings. The van der Waals surface area contributed by atoms with Crippen molar-refractivity contribution in [3.8, 4) is 0 Å². The van der Waals surface area contributed by atoms with Gasteiger partial charge < -0.3 is 5.11 Å². The van der Waals surface area contributed by atoms with Crippen LogP contribution in [0.4, 0.5) is 0 Å². The lowest BCUT2D eigenvalue weighted by Crippen LogP contribution is -1.94. The first kappa shape index (κ1) is 10.5. The highest BCUT2D eigenvalue weighted by Gasteiger charge is 2.00. The number of allylic oxidation sites excluding steroid dienone is 1. The summed E-state index contributed by atoms with van der Waals surface area (Å²) in [6, 6.07) is 7.46. The molecular formula is C12H14O2. The molecule has 1 rings (SSSR count). The van der Waals surface area contributed by atoms with Crippen LogP contribution in [0.15, 0.2) is 36.6 Å². The molecule has 74 valence electrons. The van der Waals surface area contributed by atoms with E-state index in [-0.39, 0.29) is 5.78 Å². The number of aliphatic hydroxyl groups is 1. The minimum Gasteiger partial charge on any atom is -0.515 e. The summed E-state index contributed by atoms with van der Waals surface area (Å²) >= 11 is 0. The average Bonchev–Trinajstić information content (AvgIpc) is 2.20. The topological polar surface area (TPSA) is 37.3 Å². The molecule has 0 fully saturated rings. The molecule has 2 heteroatoms. The van der Waals surface area contributed by atoms with Crippen LogP contribution in [0, 0.1) is 0 Å². The van der Waals surface area contributed by atoms with Gasteiger partial charge in [0.15, 0.2) is 5.78 Å². The van der Waals surface area contributed by atoms with Gasteiger partial charge in [0.1, 0.15) is 0 Å². The van der Waals surface area contributed by atoms with E-state index in [4.69, 9.17) is 5.11 Å². The molecule has 1 N–H and O–H groups in total. The van der Waals surface area contributed by atoms with Crippen LogP contribution < -0.4 is 0 Å². The molecule has 1 aromatic carbocycles. The number of benzene rings is 1. The third-order valence-corrected chi connectivity index (χ3v) is 2.00. The molecule has 0 unspecified atom stereocenters. The Balaban J connectivity index is 2.77. The first-order valence-corrected chi connectivity index (χ1v) is 4.72. The fourth-order valence-electron chi connectivity index (χ4n) is 1.29. The first-order chi connectivity index (χ1) is 6.77. The molecule has 0 spiro atoms. The Morgan fingerprint density at radius 2 is 2.00 bits per heavy atom. The molecule has 0 saturated heterocycles. The number of ketones is 1. The van der Waals surface area contributed by atoms with Crippen LogP contribution in [0.25, 0.3) is 0 Å². The van der Waals surface area contributed by atoms with Crippen molar-refractivity contribution in [2.45, 2.75) is 19.8 Å². The molecule has 0 bridgehead atoms. The Morgan fingerprint density at radius 3 is 2.50 bits per heavy atom. The van der Waals surface area contributed by atoms with Gasteiger partial charge in [-0.3, -0.25) is 4.79 Å². The summed E-state index contributed by atoms with van der Waals surface area (Å²) in [7, 11) is 0. The predicted molar refractivity (Wildman–Crippen MR) is 56.5 cm³/mol. The van der Waals surface area contributed by atoms with E-state index in [0.29, 0.717) is 5.56 Å².